The lowest BCUT2D eigenvalue weighted by molar-refractivity contribution is 0.0195. The van der Waals surface area contributed by atoms with Crippen LogP contribution in [0.15, 0.2) is 34.2 Å². The minimum Gasteiger partial charge on any atom is -0.379 e. The Morgan fingerprint density at radius 1 is 1.31 bits per heavy atom. The zero-order valence-corrected chi connectivity index (χ0v) is 15.4. The van der Waals surface area contributed by atoms with Crippen LogP contribution in [0.25, 0.3) is 6.08 Å². The van der Waals surface area contributed by atoms with Gasteiger partial charge >= 0.3 is 0 Å². The molecule has 4 rings (SSSR count). The summed E-state index contributed by atoms with van der Waals surface area (Å²) in [4.78, 5) is 4.26. The maximum Gasteiger partial charge on any atom is 0.260 e. The summed E-state index contributed by atoms with van der Waals surface area (Å²) in [6, 6.07) is 6.84. The van der Waals surface area contributed by atoms with Crippen LogP contribution in [0.5, 0.6) is 0 Å². The maximum absolute atomic E-state index is 12.6. The summed E-state index contributed by atoms with van der Waals surface area (Å²) in [7, 11) is -3.67. The summed E-state index contributed by atoms with van der Waals surface area (Å²) in [5.74, 6) is 0.996. The molecule has 1 N–H and O–H groups in total. The number of rotatable bonds is 5. The second kappa shape index (κ2) is 6.45. The predicted molar refractivity (Wildman–Crippen MR) is 95.8 cm³/mol. The molecule has 138 valence electrons. The molecule has 1 aromatic carbocycles. The minimum absolute atomic E-state index is 0.0961. The number of β-amino-alcohol motifs (C(OH)–C–C–N with tert-alkyl or cyclic N) is 1. The average molecular weight is 396 g/mol. The SMILES string of the molecule is O=S(=O)(/C=C/c1ccc(Cl)cc1)N1CCC(O)(c2nc(C3CC3)no2)C1. The number of nitrogens with zero attached hydrogens (tertiary/aromatic N) is 3. The van der Waals surface area contributed by atoms with E-state index in [9.17, 15) is 13.5 Å². The van der Waals surface area contributed by atoms with Crippen molar-refractivity contribution in [3.8, 4) is 0 Å². The molecule has 2 heterocycles. The van der Waals surface area contributed by atoms with Crippen LogP contribution in [0.2, 0.25) is 5.02 Å². The molecule has 1 aliphatic carbocycles. The van der Waals surface area contributed by atoms with Crippen LogP contribution >= 0.6 is 11.6 Å². The van der Waals surface area contributed by atoms with Gasteiger partial charge in [-0.05, 0) is 36.6 Å². The summed E-state index contributed by atoms with van der Waals surface area (Å²) < 4.78 is 31.5. The molecular formula is C17H18ClN3O4S. The summed E-state index contributed by atoms with van der Waals surface area (Å²) in [6.45, 7) is 0.0809. The van der Waals surface area contributed by atoms with E-state index < -0.39 is 15.6 Å². The molecule has 7 nitrogen and oxygen atoms in total. The molecule has 0 radical (unpaired) electrons. The standard InChI is InChI=1S/C17H18ClN3O4S/c18-14-5-1-12(2-6-14)7-10-26(23,24)21-9-8-17(22,11-21)16-19-15(20-25-16)13-3-4-13/h1-2,5-7,10,13,22H,3-4,8-9,11H2/b10-7+. The van der Waals surface area contributed by atoms with Gasteiger partial charge in [-0.25, -0.2) is 8.42 Å². The fourth-order valence-electron chi connectivity index (χ4n) is 2.91. The number of aliphatic hydroxyl groups is 1. The lowest BCUT2D eigenvalue weighted by Crippen LogP contribution is -2.33. The van der Waals surface area contributed by atoms with Crippen LogP contribution in [0.1, 0.15) is 42.5 Å². The van der Waals surface area contributed by atoms with E-state index >= 15 is 0 Å². The first-order valence-corrected chi connectivity index (χ1v) is 10.2. The van der Waals surface area contributed by atoms with E-state index in [1.807, 2.05) is 0 Å². The Bertz CT molecular complexity index is 937. The molecule has 1 aromatic heterocycles. The highest BCUT2D eigenvalue weighted by Crippen LogP contribution is 2.40. The Morgan fingerprint density at radius 2 is 2.04 bits per heavy atom. The third-order valence-corrected chi connectivity index (χ3v) is 6.42. The molecule has 0 spiro atoms. The second-order valence-corrected chi connectivity index (χ2v) is 9.00. The summed E-state index contributed by atoms with van der Waals surface area (Å²) in [5, 5.41) is 16.4. The van der Waals surface area contributed by atoms with Crippen molar-refractivity contribution in [1.82, 2.24) is 14.4 Å². The minimum atomic E-state index is -3.67. The molecule has 26 heavy (non-hydrogen) atoms. The number of hydrogen-bond acceptors (Lipinski definition) is 6. The van der Waals surface area contributed by atoms with Crippen molar-refractivity contribution in [3.05, 3.63) is 52.0 Å². The lowest BCUT2D eigenvalue weighted by atomic mass is 10.0. The zero-order chi connectivity index (χ0) is 18.4. The molecule has 0 bridgehead atoms. The number of hydrogen-bond donors (Lipinski definition) is 1. The van der Waals surface area contributed by atoms with Crippen molar-refractivity contribution in [1.29, 1.82) is 0 Å². The first kappa shape index (κ1) is 17.7. The smallest absolute Gasteiger partial charge is 0.260 e. The van der Waals surface area contributed by atoms with Gasteiger partial charge in [0.2, 0.25) is 10.0 Å². The van der Waals surface area contributed by atoms with Gasteiger partial charge in [0.05, 0.1) is 6.54 Å². The van der Waals surface area contributed by atoms with Crippen LogP contribution in [-0.4, -0.2) is 41.1 Å². The Balaban J connectivity index is 1.48. The molecular weight excluding hydrogens is 378 g/mol. The molecule has 1 unspecified atom stereocenters. The molecule has 1 atom stereocenters. The van der Waals surface area contributed by atoms with E-state index in [4.69, 9.17) is 16.1 Å². The van der Waals surface area contributed by atoms with Gasteiger partial charge in [0, 0.05) is 29.3 Å². The number of aromatic nitrogens is 2. The highest BCUT2D eigenvalue weighted by molar-refractivity contribution is 7.92. The van der Waals surface area contributed by atoms with Gasteiger partial charge < -0.3 is 9.63 Å². The quantitative estimate of drug-likeness (QED) is 0.835. The second-order valence-electron chi connectivity index (χ2n) is 6.75. The highest BCUT2D eigenvalue weighted by atomic mass is 35.5. The summed E-state index contributed by atoms with van der Waals surface area (Å²) in [6.07, 6.45) is 3.76. The Hall–Kier alpha value is -1.74. The predicted octanol–water partition coefficient (Wildman–Crippen LogP) is 2.49. The van der Waals surface area contributed by atoms with Crippen LogP contribution < -0.4 is 0 Å². The van der Waals surface area contributed by atoms with Crippen LogP contribution in [-0.2, 0) is 15.6 Å². The summed E-state index contributed by atoms with van der Waals surface area (Å²) in [5.41, 5.74) is -0.722. The molecule has 2 aliphatic rings. The molecule has 0 amide bonds. The Kier molecular flexibility index (Phi) is 4.38. The van der Waals surface area contributed by atoms with Crippen molar-refractivity contribution in [2.24, 2.45) is 0 Å². The van der Waals surface area contributed by atoms with Crippen molar-refractivity contribution < 1.29 is 18.0 Å². The van der Waals surface area contributed by atoms with Crippen LogP contribution in [0.3, 0.4) is 0 Å². The average Bonchev–Trinajstić information content (AvgIpc) is 3.18. The number of benzene rings is 1. The van der Waals surface area contributed by atoms with Gasteiger partial charge in [0.1, 0.15) is 0 Å². The van der Waals surface area contributed by atoms with Crippen molar-refractivity contribution >= 4 is 27.7 Å². The normalized spacial score (nSPS) is 24.5. The van der Waals surface area contributed by atoms with Crippen molar-refractivity contribution in [3.63, 3.8) is 0 Å². The monoisotopic (exact) mass is 395 g/mol. The van der Waals surface area contributed by atoms with Gasteiger partial charge in [0.25, 0.3) is 5.89 Å². The number of sulfonamides is 1. The van der Waals surface area contributed by atoms with Gasteiger partial charge in [-0.2, -0.15) is 9.29 Å². The lowest BCUT2D eigenvalue weighted by Gasteiger charge is -2.18. The first-order valence-electron chi connectivity index (χ1n) is 8.36. The molecule has 9 heteroatoms. The Morgan fingerprint density at radius 3 is 2.73 bits per heavy atom. The van der Waals surface area contributed by atoms with Gasteiger partial charge in [-0.1, -0.05) is 28.9 Å². The van der Waals surface area contributed by atoms with E-state index in [1.54, 1.807) is 24.3 Å². The molecule has 1 saturated heterocycles. The highest BCUT2D eigenvalue weighted by Gasteiger charge is 2.46. The fourth-order valence-corrected chi connectivity index (χ4v) is 4.27. The zero-order valence-electron chi connectivity index (χ0n) is 13.9. The van der Waals surface area contributed by atoms with E-state index in [2.05, 4.69) is 10.1 Å². The summed E-state index contributed by atoms with van der Waals surface area (Å²) >= 11 is 5.82. The molecule has 2 fully saturated rings. The third kappa shape index (κ3) is 3.55. The van der Waals surface area contributed by atoms with E-state index in [0.29, 0.717) is 16.8 Å². The molecule has 1 saturated carbocycles. The van der Waals surface area contributed by atoms with Gasteiger partial charge in [-0.15, -0.1) is 0 Å². The van der Waals surface area contributed by atoms with Crippen LogP contribution in [0, 0.1) is 0 Å². The topological polar surface area (TPSA) is 96.5 Å². The number of halogens is 1. The van der Waals surface area contributed by atoms with E-state index in [1.165, 1.54) is 10.4 Å². The molecule has 1 aliphatic heterocycles. The van der Waals surface area contributed by atoms with Crippen LogP contribution in [0.4, 0.5) is 0 Å². The van der Waals surface area contributed by atoms with Crippen molar-refractivity contribution in [2.75, 3.05) is 13.1 Å². The van der Waals surface area contributed by atoms with Gasteiger partial charge in [0.15, 0.2) is 11.4 Å². The van der Waals surface area contributed by atoms with E-state index in [-0.39, 0.29) is 25.4 Å². The fraction of sp³-hybridized carbons (Fsp3) is 0.412. The van der Waals surface area contributed by atoms with Crippen molar-refractivity contribution in [2.45, 2.75) is 30.8 Å². The Labute approximate surface area is 156 Å². The van der Waals surface area contributed by atoms with E-state index in [0.717, 1.165) is 23.8 Å². The molecule has 2 aromatic rings. The first-order chi connectivity index (χ1) is 12.4. The maximum atomic E-state index is 12.6. The van der Waals surface area contributed by atoms with Gasteiger partial charge in [-0.3, -0.25) is 0 Å². The third-order valence-electron chi connectivity index (χ3n) is 4.66. The largest absolute Gasteiger partial charge is 0.379 e.